The first kappa shape index (κ1) is 18.8. The molecule has 0 spiro atoms. The molecule has 0 radical (unpaired) electrons. The molecule has 1 atom stereocenters. The van der Waals surface area contributed by atoms with Gasteiger partial charge in [0.05, 0.1) is 5.56 Å². The zero-order chi connectivity index (χ0) is 20.4. The summed E-state index contributed by atoms with van der Waals surface area (Å²) in [5.41, 5.74) is 3.20. The summed E-state index contributed by atoms with van der Waals surface area (Å²) in [6, 6.07) is 14.3. The highest BCUT2D eigenvalue weighted by Crippen LogP contribution is 2.25. The molecule has 1 unspecified atom stereocenters. The van der Waals surface area contributed by atoms with E-state index in [2.05, 4.69) is 15.5 Å². The lowest BCUT2D eigenvalue weighted by molar-refractivity contribution is -0.136. The first-order chi connectivity index (χ1) is 14.0. The summed E-state index contributed by atoms with van der Waals surface area (Å²) in [5.74, 6) is -0.469. The number of carbonyl (C=O) groups excluding carboxylic acids is 1. The van der Waals surface area contributed by atoms with Crippen molar-refractivity contribution in [2.75, 3.05) is 6.54 Å². The van der Waals surface area contributed by atoms with Gasteiger partial charge >= 0.3 is 5.97 Å². The Kier molecular flexibility index (Phi) is 5.07. The number of nitrogens with zero attached hydrogens (tertiary/aromatic N) is 5. The summed E-state index contributed by atoms with van der Waals surface area (Å²) in [6.07, 6.45) is 1.16. The van der Waals surface area contributed by atoms with Crippen LogP contribution in [0.5, 0.6) is 0 Å². The van der Waals surface area contributed by atoms with E-state index in [9.17, 15) is 14.7 Å². The number of rotatable bonds is 5. The summed E-state index contributed by atoms with van der Waals surface area (Å²) in [5, 5.41) is 20.9. The standard InChI is InChI=1S/C21H21N5O3/c1-14-22-23-24-26(14)19(11-15-5-3-2-4-6-15)20(27)25-10-9-16-7-8-17(21(28)29)12-18(16)13-25/h2-8,12,19H,9-11,13H2,1H3,(H,28,29). The molecule has 8 nitrogen and oxygen atoms in total. The summed E-state index contributed by atoms with van der Waals surface area (Å²) in [7, 11) is 0. The van der Waals surface area contributed by atoms with Crippen molar-refractivity contribution in [1.29, 1.82) is 0 Å². The van der Waals surface area contributed by atoms with Crippen molar-refractivity contribution >= 4 is 11.9 Å². The molecular formula is C21H21N5O3. The minimum Gasteiger partial charge on any atom is -0.478 e. The van der Waals surface area contributed by atoms with Crippen LogP contribution in [0.1, 0.15) is 38.9 Å². The van der Waals surface area contributed by atoms with E-state index in [-0.39, 0.29) is 11.5 Å². The number of carbonyl (C=O) groups is 2. The molecule has 1 aliphatic heterocycles. The van der Waals surface area contributed by atoms with E-state index in [1.54, 1.807) is 28.6 Å². The van der Waals surface area contributed by atoms with Gasteiger partial charge in [0.2, 0.25) is 5.91 Å². The van der Waals surface area contributed by atoms with E-state index in [0.29, 0.717) is 31.8 Å². The lowest BCUT2D eigenvalue weighted by atomic mass is 9.96. The predicted molar refractivity (Wildman–Crippen MR) is 104 cm³/mol. The number of carboxylic acids is 1. The molecule has 29 heavy (non-hydrogen) atoms. The normalized spacial score (nSPS) is 14.3. The number of hydrogen-bond donors (Lipinski definition) is 1. The maximum Gasteiger partial charge on any atom is 0.335 e. The third-order valence-corrected chi connectivity index (χ3v) is 5.29. The van der Waals surface area contributed by atoms with Gasteiger partial charge in [0, 0.05) is 19.5 Å². The largest absolute Gasteiger partial charge is 0.478 e. The highest BCUT2D eigenvalue weighted by molar-refractivity contribution is 5.88. The van der Waals surface area contributed by atoms with Gasteiger partial charge < -0.3 is 10.0 Å². The zero-order valence-corrected chi connectivity index (χ0v) is 16.0. The molecule has 2 aromatic carbocycles. The Morgan fingerprint density at radius 2 is 1.93 bits per heavy atom. The Labute approximate surface area is 167 Å². The average Bonchev–Trinajstić information content (AvgIpc) is 3.17. The van der Waals surface area contributed by atoms with Crippen molar-refractivity contribution in [3.8, 4) is 0 Å². The molecule has 148 valence electrons. The number of aryl methyl sites for hydroxylation is 1. The van der Waals surface area contributed by atoms with Gasteiger partial charge in [0.1, 0.15) is 11.9 Å². The molecule has 0 aliphatic carbocycles. The number of tetrazole rings is 1. The van der Waals surface area contributed by atoms with Crippen LogP contribution in [-0.4, -0.2) is 48.6 Å². The maximum absolute atomic E-state index is 13.5. The minimum atomic E-state index is -0.970. The minimum absolute atomic E-state index is 0.0735. The lowest BCUT2D eigenvalue weighted by Crippen LogP contribution is -2.42. The maximum atomic E-state index is 13.5. The third-order valence-electron chi connectivity index (χ3n) is 5.29. The molecule has 2 heterocycles. The smallest absolute Gasteiger partial charge is 0.335 e. The number of aromatic nitrogens is 4. The summed E-state index contributed by atoms with van der Waals surface area (Å²) >= 11 is 0. The average molecular weight is 391 g/mol. The second-order valence-electron chi connectivity index (χ2n) is 7.17. The van der Waals surface area contributed by atoms with Gasteiger partial charge in [-0.1, -0.05) is 36.4 Å². The Morgan fingerprint density at radius 3 is 2.62 bits per heavy atom. The number of carboxylic acid groups (broad SMARTS) is 1. The second-order valence-corrected chi connectivity index (χ2v) is 7.17. The highest BCUT2D eigenvalue weighted by atomic mass is 16.4. The molecule has 1 aromatic heterocycles. The van der Waals surface area contributed by atoms with Gasteiger partial charge in [-0.15, -0.1) is 5.10 Å². The van der Waals surface area contributed by atoms with Crippen molar-refractivity contribution in [3.05, 3.63) is 76.6 Å². The van der Waals surface area contributed by atoms with Crippen LogP contribution >= 0.6 is 0 Å². The van der Waals surface area contributed by atoms with Gasteiger partial charge in [-0.05, 0) is 52.6 Å². The fourth-order valence-electron chi connectivity index (χ4n) is 3.73. The Balaban J connectivity index is 1.62. The number of hydrogen-bond acceptors (Lipinski definition) is 5. The molecule has 0 bridgehead atoms. The Bertz CT molecular complexity index is 1050. The summed E-state index contributed by atoms with van der Waals surface area (Å²) < 4.78 is 1.57. The van der Waals surface area contributed by atoms with E-state index in [0.717, 1.165) is 16.7 Å². The van der Waals surface area contributed by atoms with Crippen LogP contribution in [0.25, 0.3) is 0 Å². The second kappa shape index (κ2) is 7.83. The van der Waals surface area contributed by atoms with Gasteiger partial charge in [-0.25, -0.2) is 9.48 Å². The van der Waals surface area contributed by atoms with E-state index < -0.39 is 12.0 Å². The summed E-state index contributed by atoms with van der Waals surface area (Å²) in [4.78, 5) is 26.5. The number of benzene rings is 2. The van der Waals surface area contributed by atoms with Crippen molar-refractivity contribution in [2.24, 2.45) is 0 Å². The van der Waals surface area contributed by atoms with Crippen molar-refractivity contribution < 1.29 is 14.7 Å². The lowest BCUT2D eigenvalue weighted by Gasteiger charge is -2.32. The van der Waals surface area contributed by atoms with Crippen molar-refractivity contribution in [2.45, 2.75) is 32.4 Å². The molecule has 1 N–H and O–H groups in total. The van der Waals surface area contributed by atoms with Crippen LogP contribution in [0.15, 0.2) is 48.5 Å². The summed E-state index contributed by atoms with van der Waals surface area (Å²) in [6.45, 7) is 2.72. The van der Waals surface area contributed by atoms with Crippen LogP contribution in [-0.2, 0) is 24.2 Å². The highest BCUT2D eigenvalue weighted by Gasteiger charge is 2.31. The Hall–Kier alpha value is -3.55. The quantitative estimate of drug-likeness (QED) is 0.714. The fraction of sp³-hybridized carbons (Fsp3) is 0.286. The van der Waals surface area contributed by atoms with E-state index in [1.165, 1.54) is 0 Å². The third kappa shape index (κ3) is 3.87. The fourth-order valence-corrected chi connectivity index (χ4v) is 3.73. The van der Waals surface area contributed by atoms with Crippen LogP contribution in [0.4, 0.5) is 0 Å². The molecular weight excluding hydrogens is 370 g/mol. The first-order valence-electron chi connectivity index (χ1n) is 9.45. The van der Waals surface area contributed by atoms with Crippen LogP contribution in [0, 0.1) is 6.92 Å². The number of aromatic carboxylic acids is 1. The number of fused-ring (bicyclic) bond motifs is 1. The zero-order valence-electron chi connectivity index (χ0n) is 16.0. The Morgan fingerprint density at radius 1 is 1.14 bits per heavy atom. The number of amides is 1. The van der Waals surface area contributed by atoms with Crippen LogP contribution < -0.4 is 0 Å². The molecule has 1 aliphatic rings. The van der Waals surface area contributed by atoms with E-state index in [1.807, 2.05) is 36.4 Å². The van der Waals surface area contributed by atoms with Crippen molar-refractivity contribution in [3.63, 3.8) is 0 Å². The molecule has 0 fully saturated rings. The molecule has 0 saturated heterocycles. The van der Waals surface area contributed by atoms with Gasteiger partial charge in [-0.3, -0.25) is 4.79 Å². The van der Waals surface area contributed by atoms with Crippen LogP contribution in [0.3, 0.4) is 0 Å². The van der Waals surface area contributed by atoms with E-state index in [4.69, 9.17) is 0 Å². The first-order valence-corrected chi connectivity index (χ1v) is 9.45. The van der Waals surface area contributed by atoms with Gasteiger partial charge in [0.25, 0.3) is 0 Å². The molecule has 3 aromatic rings. The van der Waals surface area contributed by atoms with Gasteiger partial charge in [-0.2, -0.15) is 0 Å². The molecule has 8 heteroatoms. The molecule has 4 rings (SSSR count). The van der Waals surface area contributed by atoms with Crippen LogP contribution in [0.2, 0.25) is 0 Å². The molecule has 0 saturated carbocycles. The monoisotopic (exact) mass is 391 g/mol. The van der Waals surface area contributed by atoms with Gasteiger partial charge in [0.15, 0.2) is 0 Å². The predicted octanol–water partition coefficient (Wildman–Crippen LogP) is 2.05. The van der Waals surface area contributed by atoms with E-state index >= 15 is 0 Å². The SMILES string of the molecule is Cc1nnnn1C(Cc1ccccc1)C(=O)N1CCc2ccc(C(=O)O)cc2C1. The molecule has 1 amide bonds. The topological polar surface area (TPSA) is 101 Å². The van der Waals surface area contributed by atoms with Crippen molar-refractivity contribution in [1.82, 2.24) is 25.1 Å².